The molecule has 0 saturated carbocycles. The van der Waals surface area contributed by atoms with Gasteiger partial charge < -0.3 is 24.3 Å². The Kier molecular flexibility index (Phi) is 11.8. The molecule has 11 heteroatoms. The van der Waals surface area contributed by atoms with Crippen molar-refractivity contribution in [3.05, 3.63) is 92.3 Å². The molecule has 2 aromatic rings. The lowest BCUT2D eigenvalue weighted by Crippen LogP contribution is -2.32. The van der Waals surface area contributed by atoms with Crippen molar-refractivity contribution in [1.29, 1.82) is 0 Å². The monoisotopic (exact) mass is 610 g/mol. The highest BCUT2D eigenvalue weighted by Gasteiger charge is 2.38. The SMILES string of the molecule is COC(=O)C1=C(C)NC(C)=C(C(=O)OCCSc2ccc(CCCOC3CCCCO3)cc2)C1c1cccc([N+](=O)[O-])c1. The number of carbonyl (C=O) groups is 2. The van der Waals surface area contributed by atoms with Crippen LogP contribution in [0.3, 0.4) is 0 Å². The first-order valence-electron chi connectivity index (χ1n) is 14.4. The maximum atomic E-state index is 13.4. The van der Waals surface area contributed by atoms with Crippen LogP contribution in [0.4, 0.5) is 5.69 Å². The van der Waals surface area contributed by atoms with E-state index in [4.69, 9.17) is 18.9 Å². The van der Waals surface area contributed by atoms with Crippen LogP contribution in [0, 0.1) is 10.1 Å². The summed E-state index contributed by atoms with van der Waals surface area (Å²) in [6.07, 6.45) is 5.03. The minimum Gasteiger partial charge on any atom is -0.466 e. The zero-order valence-corrected chi connectivity index (χ0v) is 25.6. The van der Waals surface area contributed by atoms with Crippen molar-refractivity contribution < 1.29 is 33.5 Å². The highest BCUT2D eigenvalue weighted by atomic mass is 32.2. The van der Waals surface area contributed by atoms with Gasteiger partial charge in [-0.25, -0.2) is 9.59 Å². The fourth-order valence-corrected chi connectivity index (χ4v) is 5.98. The fourth-order valence-electron chi connectivity index (χ4n) is 5.25. The topological polar surface area (TPSA) is 126 Å². The van der Waals surface area contributed by atoms with Gasteiger partial charge in [0.2, 0.25) is 0 Å². The van der Waals surface area contributed by atoms with Crippen molar-refractivity contribution in [3.8, 4) is 0 Å². The predicted molar refractivity (Wildman–Crippen MR) is 162 cm³/mol. The third kappa shape index (κ3) is 8.68. The van der Waals surface area contributed by atoms with E-state index in [0.29, 0.717) is 29.3 Å². The molecule has 0 radical (unpaired) electrons. The van der Waals surface area contributed by atoms with E-state index in [9.17, 15) is 19.7 Å². The highest BCUT2D eigenvalue weighted by Crippen LogP contribution is 2.40. The smallest absolute Gasteiger partial charge is 0.336 e. The number of esters is 2. The van der Waals surface area contributed by atoms with E-state index in [0.717, 1.165) is 43.6 Å². The van der Waals surface area contributed by atoms with Gasteiger partial charge in [0, 0.05) is 40.8 Å². The van der Waals surface area contributed by atoms with Gasteiger partial charge in [-0.15, -0.1) is 11.8 Å². The summed E-state index contributed by atoms with van der Waals surface area (Å²) < 4.78 is 22.1. The number of benzene rings is 2. The van der Waals surface area contributed by atoms with Gasteiger partial charge in [-0.2, -0.15) is 0 Å². The Morgan fingerprint density at radius 2 is 1.79 bits per heavy atom. The molecule has 0 amide bonds. The maximum absolute atomic E-state index is 13.4. The number of rotatable bonds is 13. The molecule has 2 heterocycles. The second-order valence-electron chi connectivity index (χ2n) is 10.4. The van der Waals surface area contributed by atoms with E-state index < -0.39 is 22.8 Å². The van der Waals surface area contributed by atoms with E-state index in [1.807, 2.05) is 0 Å². The molecule has 2 aliphatic rings. The van der Waals surface area contributed by atoms with Crippen LogP contribution < -0.4 is 5.32 Å². The van der Waals surface area contributed by atoms with Crippen molar-refractivity contribution in [1.82, 2.24) is 5.32 Å². The third-order valence-corrected chi connectivity index (χ3v) is 8.34. The average molecular weight is 611 g/mol. The lowest BCUT2D eigenvalue weighted by Gasteiger charge is -2.30. The van der Waals surface area contributed by atoms with Crippen LogP contribution >= 0.6 is 11.8 Å². The number of ether oxygens (including phenoxy) is 4. The Hall–Kier alpha value is -3.67. The van der Waals surface area contributed by atoms with Crippen LogP contribution in [-0.4, -0.2) is 55.8 Å². The molecule has 10 nitrogen and oxygen atoms in total. The van der Waals surface area contributed by atoms with E-state index in [1.54, 1.807) is 31.7 Å². The number of nitrogens with zero attached hydrogens (tertiary/aromatic N) is 1. The van der Waals surface area contributed by atoms with Gasteiger partial charge in [-0.1, -0.05) is 24.3 Å². The number of hydrogen-bond donors (Lipinski definition) is 1. The molecule has 1 N–H and O–H groups in total. The van der Waals surface area contributed by atoms with Crippen LogP contribution in [-0.2, 0) is 35.0 Å². The van der Waals surface area contributed by atoms with E-state index >= 15 is 0 Å². The van der Waals surface area contributed by atoms with E-state index in [-0.39, 0.29) is 29.7 Å². The second kappa shape index (κ2) is 15.7. The van der Waals surface area contributed by atoms with E-state index in [1.165, 1.54) is 30.9 Å². The molecule has 2 unspecified atom stereocenters. The van der Waals surface area contributed by atoms with Crippen LogP contribution in [0.1, 0.15) is 56.6 Å². The summed E-state index contributed by atoms with van der Waals surface area (Å²) in [6.45, 7) is 5.01. The average Bonchev–Trinajstić information content (AvgIpc) is 3.01. The van der Waals surface area contributed by atoms with Crippen molar-refractivity contribution in [2.45, 2.75) is 63.1 Å². The number of allylic oxidation sites excluding steroid dienone is 2. The Labute approximate surface area is 255 Å². The standard InChI is InChI=1S/C32H38N2O8S/c1-21-28(31(35)39-3)30(24-9-6-10-25(20-24)34(37)38)29(22(2)33-21)32(36)42-18-19-43-26-14-12-23(13-15-26)8-7-17-41-27-11-4-5-16-40-27/h6,9-10,12-15,20,27,30,33H,4-5,7-8,11,16-19H2,1-3H3. The number of hydrogen-bond acceptors (Lipinski definition) is 10. The molecular weight excluding hydrogens is 572 g/mol. The molecule has 0 spiro atoms. The van der Waals surface area contributed by atoms with E-state index in [2.05, 4.69) is 29.6 Å². The Morgan fingerprint density at radius 3 is 2.47 bits per heavy atom. The summed E-state index contributed by atoms with van der Waals surface area (Å²) in [7, 11) is 1.25. The van der Waals surface area contributed by atoms with Gasteiger partial charge in [0.1, 0.15) is 6.61 Å². The number of carbonyl (C=O) groups excluding carboxylic acids is 2. The quantitative estimate of drug-likeness (QED) is 0.0976. The molecule has 43 heavy (non-hydrogen) atoms. The largest absolute Gasteiger partial charge is 0.466 e. The number of aryl methyl sites for hydroxylation is 1. The normalized spacial score (nSPS) is 18.7. The molecule has 0 aromatic heterocycles. The summed E-state index contributed by atoms with van der Waals surface area (Å²) in [5, 5.41) is 14.5. The molecule has 0 bridgehead atoms. The molecular formula is C32H38N2O8S. The van der Waals surface area contributed by atoms with Gasteiger partial charge in [-0.05, 0) is 69.2 Å². The zero-order chi connectivity index (χ0) is 30.8. The predicted octanol–water partition coefficient (Wildman–Crippen LogP) is 5.81. The van der Waals surface area contributed by atoms with Gasteiger partial charge in [0.25, 0.3) is 5.69 Å². The lowest BCUT2D eigenvalue weighted by molar-refractivity contribution is -0.384. The third-order valence-electron chi connectivity index (χ3n) is 7.36. The molecule has 1 saturated heterocycles. The van der Waals surface area contributed by atoms with Crippen molar-refractivity contribution in [3.63, 3.8) is 0 Å². The Bertz CT molecular complexity index is 1370. The number of methoxy groups -OCH3 is 1. The zero-order valence-electron chi connectivity index (χ0n) is 24.8. The van der Waals surface area contributed by atoms with Crippen molar-refractivity contribution in [2.75, 3.05) is 32.7 Å². The highest BCUT2D eigenvalue weighted by molar-refractivity contribution is 7.99. The fraction of sp³-hybridized carbons (Fsp3) is 0.438. The van der Waals surface area contributed by atoms with Crippen LogP contribution in [0.2, 0.25) is 0 Å². The first-order valence-corrected chi connectivity index (χ1v) is 15.4. The molecule has 2 aromatic carbocycles. The van der Waals surface area contributed by atoms with Crippen LogP contribution in [0.15, 0.2) is 76.0 Å². The summed E-state index contributed by atoms with van der Waals surface area (Å²) in [4.78, 5) is 38.2. The van der Waals surface area contributed by atoms with Gasteiger partial charge in [0.15, 0.2) is 6.29 Å². The van der Waals surface area contributed by atoms with Gasteiger partial charge >= 0.3 is 11.9 Å². The molecule has 0 aliphatic carbocycles. The molecule has 230 valence electrons. The summed E-state index contributed by atoms with van der Waals surface area (Å²) >= 11 is 1.57. The number of nitrogens with one attached hydrogen (secondary N) is 1. The van der Waals surface area contributed by atoms with Crippen LogP contribution in [0.25, 0.3) is 0 Å². The number of nitro benzene ring substituents is 1. The minimum absolute atomic E-state index is 0.0580. The summed E-state index contributed by atoms with van der Waals surface area (Å²) in [6, 6.07) is 14.2. The van der Waals surface area contributed by atoms with Crippen molar-refractivity contribution >= 4 is 29.4 Å². The summed E-state index contributed by atoms with van der Waals surface area (Å²) in [5.74, 6) is -1.60. The minimum atomic E-state index is -0.887. The number of thioether (sulfide) groups is 1. The Balaban J connectivity index is 1.33. The number of nitro groups is 1. The lowest BCUT2D eigenvalue weighted by atomic mass is 9.80. The molecule has 4 rings (SSSR count). The molecule has 2 aliphatic heterocycles. The molecule has 2 atom stereocenters. The first kappa shape index (κ1) is 32.2. The number of non-ortho nitro benzene ring substituents is 1. The van der Waals surface area contributed by atoms with Crippen LogP contribution in [0.5, 0.6) is 0 Å². The second-order valence-corrected chi connectivity index (χ2v) is 11.5. The maximum Gasteiger partial charge on any atom is 0.336 e. The summed E-state index contributed by atoms with van der Waals surface area (Å²) in [5.41, 5.74) is 2.92. The van der Waals surface area contributed by atoms with Gasteiger partial charge in [0.05, 0.1) is 35.7 Å². The molecule has 1 fully saturated rings. The number of dihydropyridines is 1. The van der Waals surface area contributed by atoms with Crippen molar-refractivity contribution in [2.24, 2.45) is 0 Å². The first-order chi connectivity index (χ1) is 20.8. The Morgan fingerprint density at radius 1 is 1.05 bits per heavy atom. The van der Waals surface area contributed by atoms with Gasteiger partial charge in [-0.3, -0.25) is 10.1 Å².